The fraction of sp³-hybridized carbons (Fsp3) is 0.316. The molecule has 1 amide bonds. The number of rotatable bonds is 6. The van der Waals surface area contributed by atoms with Gasteiger partial charge in [0.2, 0.25) is 0 Å². The van der Waals surface area contributed by atoms with Crippen molar-refractivity contribution in [1.29, 1.82) is 0 Å². The molecular formula is C19H17F6NO2. The zero-order chi connectivity index (χ0) is 21.0. The summed E-state index contributed by atoms with van der Waals surface area (Å²) >= 11 is 0. The van der Waals surface area contributed by atoms with E-state index in [4.69, 9.17) is 0 Å². The van der Waals surface area contributed by atoms with Crippen molar-refractivity contribution in [3.63, 3.8) is 0 Å². The van der Waals surface area contributed by atoms with Crippen LogP contribution in [0.3, 0.4) is 0 Å². The first-order valence-corrected chi connectivity index (χ1v) is 8.25. The highest BCUT2D eigenvalue weighted by molar-refractivity contribution is 5.94. The van der Waals surface area contributed by atoms with Crippen LogP contribution >= 0.6 is 0 Å². The molecule has 9 heteroatoms. The van der Waals surface area contributed by atoms with E-state index in [0.29, 0.717) is 25.0 Å². The third-order valence-corrected chi connectivity index (χ3v) is 4.16. The van der Waals surface area contributed by atoms with Gasteiger partial charge in [-0.25, -0.2) is 0 Å². The van der Waals surface area contributed by atoms with Gasteiger partial charge >= 0.3 is 12.4 Å². The van der Waals surface area contributed by atoms with Gasteiger partial charge in [0.15, 0.2) is 0 Å². The van der Waals surface area contributed by atoms with Crippen LogP contribution in [0.4, 0.5) is 26.3 Å². The highest BCUT2D eigenvalue weighted by Crippen LogP contribution is 2.49. The molecule has 2 rings (SSSR count). The van der Waals surface area contributed by atoms with Crippen molar-refractivity contribution >= 4 is 5.91 Å². The molecule has 0 heterocycles. The summed E-state index contributed by atoms with van der Waals surface area (Å²) in [4.78, 5) is 12.0. The van der Waals surface area contributed by atoms with Crippen LogP contribution < -0.4 is 5.32 Å². The summed E-state index contributed by atoms with van der Waals surface area (Å²) in [6.45, 7) is 0.282. The summed E-state index contributed by atoms with van der Waals surface area (Å²) in [6, 6.07) is 12.0. The number of nitrogens with one attached hydrogen (secondary N) is 1. The van der Waals surface area contributed by atoms with Gasteiger partial charge in [0.05, 0.1) is 0 Å². The third kappa shape index (κ3) is 4.64. The number of benzene rings is 2. The molecule has 2 N–H and O–H groups in total. The number of carbonyl (C=O) groups excluding carboxylic acids is 1. The van der Waals surface area contributed by atoms with Crippen LogP contribution in [0, 0.1) is 0 Å². The van der Waals surface area contributed by atoms with E-state index in [1.165, 1.54) is 0 Å². The highest BCUT2D eigenvalue weighted by atomic mass is 19.4. The van der Waals surface area contributed by atoms with Crippen molar-refractivity contribution in [1.82, 2.24) is 5.32 Å². The molecule has 0 spiro atoms. The quantitative estimate of drug-likeness (QED) is 0.554. The standard InChI is InChI=1S/C19H17F6NO2/c20-18(21,22)17(28,19(23,24)25)15-10-8-14(9-11-15)16(27)26-12-4-7-13-5-2-1-3-6-13/h1-3,5-6,8-11,28H,4,7,12H2,(H,26,27). The number of amides is 1. The van der Waals surface area contributed by atoms with Gasteiger partial charge in [-0.3, -0.25) is 4.79 Å². The summed E-state index contributed by atoms with van der Waals surface area (Å²) < 4.78 is 77.0. The Balaban J connectivity index is 2.02. The Morgan fingerprint density at radius 3 is 1.89 bits per heavy atom. The Labute approximate surface area is 157 Å². The van der Waals surface area contributed by atoms with Crippen LogP contribution in [0.5, 0.6) is 0 Å². The number of carbonyl (C=O) groups is 1. The van der Waals surface area contributed by atoms with E-state index >= 15 is 0 Å². The smallest absolute Gasteiger partial charge is 0.369 e. The molecular weight excluding hydrogens is 388 g/mol. The lowest BCUT2D eigenvalue weighted by molar-refractivity contribution is -0.376. The summed E-state index contributed by atoms with van der Waals surface area (Å²) in [6.07, 6.45) is -10.6. The molecule has 0 aliphatic rings. The van der Waals surface area contributed by atoms with Gasteiger partial charge in [-0.1, -0.05) is 42.5 Å². The predicted molar refractivity (Wildman–Crippen MR) is 89.5 cm³/mol. The molecule has 0 unspecified atom stereocenters. The van der Waals surface area contributed by atoms with E-state index in [0.717, 1.165) is 17.7 Å². The number of aryl methyl sites for hydroxylation is 1. The monoisotopic (exact) mass is 405 g/mol. The zero-order valence-corrected chi connectivity index (χ0v) is 14.4. The summed E-state index contributed by atoms with van der Waals surface area (Å²) in [5, 5.41) is 11.9. The van der Waals surface area contributed by atoms with Crippen molar-refractivity contribution in [3.8, 4) is 0 Å². The molecule has 2 aromatic rings. The topological polar surface area (TPSA) is 49.3 Å². The summed E-state index contributed by atoms with van der Waals surface area (Å²) in [5.74, 6) is -0.637. The first-order chi connectivity index (χ1) is 13.0. The van der Waals surface area contributed by atoms with Crippen molar-refractivity contribution in [2.75, 3.05) is 6.54 Å². The van der Waals surface area contributed by atoms with Crippen LogP contribution in [0.1, 0.15) is 27.9 Å². The van der Waals surface area contributed by atoms with E-state index in [1.54, 1.807) is 0 Å². The lowest BCUT2D eigenvalue weighted by Crippen LogP contribution is -2.53. The molecule has 152 valence electrons. The Kier molecular flexibility index (Phi) is 6.38. The summed E-state index contributed by atoms with van der Waals surface area (Å²) in [7, 11) is 0. The fourth-order valence-corrected chi connectivity index (χ4v) is 2.59. The van der Waals surface area contributed by atoms with E-state index in [2.05, 4.69) is 5.32 Å². The van der Waals surface area contributed by atoms with Gasteiger partial charge in [0.1, 0.15) is 0 Å². The molecule has 0 aromatic heterocycles. The predicted octanol–water partition coefficient (Wildman–Crippen LogP) is 4.36. The average Bonchev–Trinajstić information content (AvgIpc) is 2.63. The maximum absolute atomic E-state index is 12.8. The van der Waals surface area contributed by atoms with Crippen molar-refractivity contribution in [2.45, 2.75) is 30.8 Å². The van der Waals surface area contributed by atoms with Crippen LogP contribution in [0.15, 0.2) is 54.6 Å². The molecule has 3 nitrogen and oxygen atoms in total. The van der Waals surface area contributed by atoms with E-state index in [9.17, 15) is 36.2 Å². The molecule has 0 bridgehead atoms. The third-order valence-electron chi connectivity index (χ3n) is 4.16. The van der Waals surface area contributed by atoms with Gasteiger partial charge in [-0.05, 0) is 30.5 Å². The maximum atomic E-state index is 12.8. The van der Waals surface area contributed by atoms with E-state index < -0.39 is 29.4 Å². The van der Waals surface area contributed by atoms with Crippen LogP contribution in [-0.2, 0) is 12.0 Å². The lowest BCUT2D eigenvalue weighted by Gasteiger charge is -2.32. The second kappa shape index (κ2) is 8.22. The molecule has 0 saturated heterocycles. The van der Waals surface area contributed by atoms with E-state index in [1.807, 2.05) is 30.3 Å². The molecule has 0 fully saturated rings. The number of aliphatic hydroxyl groups is 1. The Morgan fingerprint density at radius 1 is 0.857 bits per heavy atom. The zero-order valence-electron chi connectivity index (χ0n) is 14.4. The fourth-order valence-electron chi connectivity index (χ4n) is 2.59. The van der Waals surface area contributed by atoms with E-state index in [-0.39, 0.29) is 12.1 Å². The molecule has 0 atom stereocenters. The first kappa shape index (κ1) is 21.7. The SMILES string of the molecule is O=C(NCCCc1ccccc1)c1ccc(C(O)(C(F)(F)F)C(F)(F)F)cc1. The van der Waals surface area contributed by atoms with Crippen molar-refractivity contribution in [2.24, 2.45) is 0 Å². The largest absolute Gasteiger partial charge is 0.430 e. The average molecular weight is 405 g/mol. The maximum Gasteiger partial charge on any atom is 0.430 e. The number of hydrogen-bond donors (Lipinski definition) is 2. The minimum absolute atomic E-state index is 0.116. The Bertz CT molecular complexity index is 771. The summed E-state index contributed by atoms with van der Waals surface area (Å²) in [5.41, 5.74) is -5.46. The van der Waals surface area contributed by atoms with Gasteiger partial charge in [-0.15, -0.1) is 0 Å². The second-order valence-electron chi connectivity index (χ2n) is 6.13. The Morgan fingerprint density at radius 2 is 1.39 bits per heavy atom. The number of halogens is 6. The Hall–Kier alpha value is -2.55. The number of alkyl halides is 6. The highest BCUT2D eigenvalue weighted by Gasteiger charge is 2.71. The molecule has 2 aromatic carbocycles. The van der Waals surface area contributed by atoms with Crippen LogP contribution in [-0.4, -0.2) is 29.9 Å². The van der Waals surface area contributed by atoms with Crippen molar-refractivity contribution in [3.05, 3.63) is 71.3 Å². The molecule has 0 radical (unpaired) electrons. The minimum atomic E-state index is -5.97. The molecule has 28 heavy (non-hydrogen) atoms. The van der Waals surface area contributed by atoms with Gasteiger partial charge < -0.3 is 10.4 Å². The van der Waals surface area contributed by atoms with Crippen LogP contribution in [0.2, 0.25) is 0 Å². The lowest BCUT2D eigenvalue weighted by atomic mass is 9.91. The van der Waals surface area contributed by atoms with Gasteiger partial charge in [-0.2, -0.15) is 26.3 Å². The van der Waals surface area contributed by atoms with Gasteiger partial charge in [0.25, 0.3) is 11.5 Å². The van der Waals surface area contributed by atoms with Crippen LogP contribution in [0.25, 0.3) is 0 Å². The normalized spacial score (nSPS) is 12.7. The second-order valence-corrected chi connectivity index (χ2v) is 6.13. The first-order valence-electron chi connectivity index (χ1n) is 8.25. The molecule has 0 saturated carbocycles. The minimum Gasteiger partial charge on any atom is -0.369 e. The molecule has 0 aliphatic carbocycles. The van der Waals surface area contributed by atoms with Crippen molar-refractivity contribution < 1.29 is 36.2 Å². The molecule has 0 aliphatic heterocycles. The number of hydrogen-bond acceptors (Lipinski definition) is 2. The van der Waals surface area contributed by atoms with Gasteiger partial charge in [0, 0.05) is 17.7 Å².